The van der Waals surface area contributed by atoms with E-state index in [2.05, 4.69) is 10.1 Å². The lowest BCUT2D eigenvalue weighted by Gasteiger charge is -2.20. The first-order valence-corrected chi connectivity index (χ1v) is 10.1. The zero-order valence-electron chi connectivity index (χ0n) is 17.7. The van der Waals surface area contributed by atoms with Gasteiger partial charge in [0.05, 0.1) is 0 Å². The number of benzene rings is 1. The maximum absolute atomic E-state index is 11.9. The standard InChI is InChI=1S/C20H25N5O7/c1-24(2)8-9-28-20(27)29-10-13-14-15(32-19(31-14)12-6-4-3-5-7-12)18(30-13)25-11-22-17(23-25)16(21)26/h3-7,11,13-15,18-19H,8-10H2,1-2H3,(H2,21,26)/t13-,14?,15-,18-,19?/m1/s1. The van der Waals surface area contributed by atoms with E-state index in [4.69, 9.17) is 29.4 Å². The molecule has 2 aliphatic heterocycles. The number of carbonyl (C=O) groups excluding carboxylic acids is 2. The average molecular weight is 447 g/mol. The normalized spacial score (nSPS) is 26.8. The highest BCUT2D eigenvalue weighted by Gasteiger charge is 2.54. The van der Waals surface area contributed by atoms with E-state index in [1.165, 1.54) is 11.0 Å². The van der Waals surface area contributed by atoms with E-state index < -0.39 is 42.9 Å². The molecule has 0 spiro atoms. The van der Waals surface area contributed by atoms with Gasteiger partial charge in [-0.3, -0.25) is 4.79 Å². The Morgan fingerprint density at radius 1 is 1.12 bits per heavy atom. The van der Waals surface area contributed by atoms with E-state index in [0.717, 1.165) is 5.56 Å². The molecule has 0 saturated carbocycles. The zero-order chi connectivity index (χ0) is 22.7. The van der Waals surface area contributed by atoms with E-state index >= 15 is 0 Å². The van der Waals surface area contributed by atoms with Crippen LogP contribution in [-0.4, -0.2) is 83.9 Å². The Morgan fingerprint density at radius 3 is 2.56 bits per heavy atom. The lowest BCUT2D eigenvalue weighted by molar-refractivity contribution is -0.157. The summed E-state index contributed by atoms with van der Waals surface area (Å²) in [7, 11) is 3.74. The van der Waals surface area contributed by atoms with Crippen molar-refractivity contribution in [1.82, 2.24) is 19.7 Å². The number of nitrogens with two attached hydrogens (primary N) is 1. The molecule has 12 heteroatoms. The molecule has 1 aromatic heterocycles. The van der Waals surface area contributed by atoms with Crippen molar-refractivity contribution in [3.05, 3.63) is 48.0 Å². The number of fused-ring (bicyclic) bond motifs is 1. The van der Waals surface area contributed by atoms with Gasteiger partial charge in [0.1, 0.15) is 37.9 Å². The first-order valence-electron chi connectivity index (χ1n) is 10.1. The first-order chi connectivity index (χ1) is 15.4. The fourth-order valence-electron chi connectivity index (χ4n) is 3.46. The average Bonchev–Trinajstić information content (AvgIpc) is 3.48. The van der Waals surface area contributed by atoms with E-state index in [9.17, 15) is 9.59 Å². The summed E-state index contributed by atoms with van der Waals surface area (Å²) in [5, 5.41) is 4.07. The second kappa shape index (κ2) is 9.61. The second-order valence-corrected chi connectivity index (χ2v) is 7.63. The molecule has 0 radical (unpaired) electrons. The Kier molecular flexibility index (Phi) is 6.65. The smallest absolute Gasteiger partial charge is 0.433 e. The molecular formula is C20H25N5O7. The Morgan fingerprint density at radius 2 is 1.88 bits per heavy atom. The summed E-state index contributed by atoms with van der Waals surface area (Å²) in [5.41, 5.74) is 6.08. The van der Waals surface area contributed by atoms with Gasteiger partial charge in [0.2, 0.25) is 5.82 Å². The van der Waals surface area contributed by atoms with Gasteiger partial charge < -0.3 is 34.3 Å². The predicted octanol–water partition coefficient (Wildman–Crippen LogP) is 0.472. The monoisotopic (exact) mass is 447 g/mol. The molecule has 172 valence electrons. The minimum atomic E-state index is -0.800. The molecule has 1 amide bonds. The van der Waals surface area contributed by atoms with Crippen molar-refractivity contribution >= 4 is 12.1 Å². The number of hydrogen-bond acceptors (Lipinski definition) is 10. The van der Waals surface area contributed by atoms with Crippen molar-refractivity contribution in [2.24, 2.45) is 5.73 Å². The second-order valence-electron chi connectivity index (χ2n) is 7.63. The fourth-order valence-corrected chi connectivity index (χ4v) is 3.46. The summed E-state index contributed by atoms with van der Waals surface area (Å²) < 4.78 is 29.8. The van der Waals surface area contributed by atoms with E-state index in [0.29, 0.717) is 6.54 Å². The summed E-state index contributed by atoms with van der Waals surface area (Å²) >= 11 is 0. The number of amides is 1. The molecule has 2 aromatic rings. The van der Waals surface area contributed by atoms with Crippen LogP contribution in [0.5, 0.6) is 0 Å². The van der Waals surface area contributed by atoms with Gasteiger partial charge in [-0.25, -0.2) is 14.5 Å². The molecule has 0 bridgehead atoms. The predicted molar refractivity (Wildman–Crippen MR) is 107 cm³/mol. The first kappa shape index (κ1) is 22.1. The Labute approximate surface area is 184 Å². The minimum absolute atomic E-state index is 0.110. The highest BCUT2D eigenvalue weighted by atomic mass is 16.8. The quantitative estimate of drug-likeness (QED) is 0.568. The SMILES string of the molecule is CN(C)CCOC(=O)OC[C@H]1O[C@@H](n2cnc(C(N)=O)n2)[C@@H]2OC(c3ccccc3)OC21. The highest BCUT2D eigenvalue weighted by Crippen LogP contribution is 2.43. The van der Waals surface area contributed by atoms with Crippen LogP contribution in [0.15, 0.2) is 36.7 Å². The van der Waals surface area contributed by atoms with Crippen LogP contribution in [0.4, 0.5) is 4.79 Å². The topological polar surface area (TPSA) is 140 Å². The third-order valence-corrected chi connectivity index (χ3v) is 5.03. The fraction of sp³-hybridized carbons (Fsp3) is 0.500. The minimum Gasteiger partial charge on any atom is -0.433 e. The van der Waals surface area contributed by atoms with Gasteiger partial charge in [-0.1, -0.05) is 30.3 Å². The van der Waals surface area contributed by atoms with Crippen LogP contribution in [-0.2, 0) is 23.7 Å². The van der Waals surface area contributed by atoms with Gasteiger partial charge >= 0.3 is 6.16 Å². The van der Waals surface area contributed by atoms with Crippen LogP contribution >= 0.6 is 0 Å². The van der Waals surface area contributed by atoms with Crippen molar-refractivity contribution < 1.29 is 33.3 Å². The number of rotatable bonds is 8. The molecule has 3 heterocycles. The number of primary amides is 1. The van der Waals surface area contributed by atoms with Gasteiger partial charge in [0, 0.05) is 12.1 Å². The van der Waals surface area contributed by atoms with Crippen molar-refractivity contribution in [3.8, 4) is 0 Å². The van der Waals surface area contributed by atoms with Gasteiger partial charge in [-0.05, 0) is 14.1 Å². The van der Waals surface area contributed by atoms with Crippen molar-refractivity contribution in [2.45, 2.75) is 30.8 Å². The van der Waals surface area contributed by atoms with Crippen molar-refractivity contribution in [1.29, 1.82) is 0 Å². The van der Waals surface area contributed by atoms with E-state index in [-0.39, 0.29) is 19.0 Å². The van der Waals surface area contributed by atoms with Gasteiger partial charge in [0.15, 0.2) is 12.5 Å². The van der Waals surface area contributed by atoms with Crippen LogP contribution in [0.25, 0.3) is 0 Å². The highest BCUT2D eigenvalue weighted by molar-refractivity contribution is 5.88. The molecule has 2 fully saturated rings. The Bertz CT molecular complexity index is 937. The summed E-state index contributed by atoms with van der Waals surface area (Å²) in [6.45, 7) is 0.670. The van der Waals surface area contributed by atoms with Crippen molar-refractivity contribution in [2.75, 3.05) is 33.9 Å². The molecule has 32 heavy (non-hydrogen) atoms. The number of nitrogens with zero attached hydrogens (tertiary/aromatic N) is 4. The van der Waals surface area contributed by atoms with E-state index in [1.54, 1.807) is 0 Å². The van der Waals surface area contributed by atoms with Crippen LogP contribution in [0.2, 0.25) is 0 Å². The summed E-state index contributed by atoms with van der Waals surface area (Å²) in [6.07, 6.45) is -2.65. The Hall–Kier alpha value is -3.06. The number of aromatic nitrogens is 3. The molecule has 12 nitrogen and oxygen atoms in total. The van der Waals surface area contributed by atoms with Crippen molar-refractivity contribution in [3.63, 3.8) is 0 Å². The zero-order valence-corrected chi connectivity index (χ0v) is 17.7. The lowest BCUT2D eigenvalue weighted by atomic mass is 10.1. The van der Waals surface area contributed by atoms with Gasteiger partial charge in [0.25, 0.3) is 5.91 Å². The van der Waals surface area contributed by atoms with Crippen LogP contribution in [0.3, 0.4) is 0 Å². The van der Waals surface area contributed by atoms with E-state index in [1.807, 2.05) is 49.3 Å². The number of ether oxygens (including phenoxy) is 5. The third kappa shape index (κ3) is 4.88. The number of hydrogen-bond donors (Lipinski definition) is 1. The number of carbonyl (C=O) groups is 2. The molecule has 2 saturated heterocycles. The maximum atomic E-state index is 11.9. The molecule has 2 N–H and O–H groups in total. The largest absolute Gasteiger partial charge is 0.508 e. The van der Waals surface area contributed by atoms with Gasteiger partial charge in [-0.2, -0.15) is 0 Å². The van der Waals surface area contributed by atoms with Crippen LogP contribution in [0.1, 0.15) is 28.7 Å². The molecular weight excluding hydrogens is 422 g/mol. The van der Waals surface area contributed by atoms with Crippen LogP contribution < -0.4 is 5.73 Å². The number of likely N-dealkylation sites (N-methyl/N-ethyl adjacent to an activating group) is 1. The lowest BCUT2D eigenvalue weighted by Crippen LogP contribution is -2.33. The molecule has 1 aromatic carbocycles. The Balaban J connectivity index is 1.45. The molecule has 4 rings (SSSR count). The summed E-state index contributed by atoms with van der Waals surface area (Å²) in [6, 6.07) is 9.42. The summed E-state index contributed by atoms with van der Waals surface area (Å²) in [5.74, 6) is -0.905. The molecule has 0 aliphatic carbocycles. The summed E-state index contributed by atoms with van der Waals surface area (Å²) in [4.78, 5) is 29.1. The molecule has 2 unspecified atom stereocenters. The van der Waals surface area contributed by atoms with Crippen LogP contribution in [0, 0.1) is 0 Å². The third-order valence-electron chi connectivity index (χ3n) is 5.03. The maximum Gasteiger partial charge on any atom is 0.508 e. The van der Waals surface area contributed by atoms with Gasteiger partial charge in [-0.15, -0.1) is 5.10 Å². The molecule has 5 atom stereocenters. The molecule has 2 aliphatic rings.